The lowest BCUT2D eigenvalue weighted by Gasteiger charge is -2.22. The molecule has 0 radical (unpaired) electrons. The Morgan fingerprint density at radius 1 is 1.25 bits per heavy atom. The number of benzene rings is 1. The van der Waals surface area contributed by atoms with Crippen LogP contribution in [0.5, 0.6) is 0 Å². The van der Waals surface area contributed by atoms with Crippen LogP contribution in [-0.4, -0.2) is 20.2 Å². The zero-order chi connectivity index (χ0) is 11.0. The van der Waals surface area contributed by atoms with E-state index in [9.17, 15) is 0 Å². The molecule has 2 heterocycles. The fourth-order valence-corrected chi connectivity index (χ4v) is 1.75. The maximum absolute atomic E-state index is 5.75. The summed E-state index contributed by atoms with van der Waals surface area (Å²) in [7, 11) is 0. The van der Waals surface area contributed by atoms with Gasteiger partial charge in [0.1, 0.15) is 5.76 Å². The van der Waals surface area contributed by atoms with Crippen LogP contribution in [0.4, 0.5) is 0 Å². The van der Waals surface area contributed by atoms with E-state index in [0.29, 0.717) is 5.82 Å². The van der Waals surface area contributed by atoms with Crippen molar-refractivity contribution in [3.8, 4) is 0 Å². The highest BCUT2D eigenvalue weighted by molar-refractivity contribution is 5.33. The molecule has 5 heteroatoms. The van der Waals surface area contributed by atoms with Crippen molar-refractivity contribution >= 4 is 6.20 Å². The van der Waals surface area contributed by atoms with Crippen molar-refractivity contribution in [3.05, 3.63) is 47.5 Å². The molecule has 3 rings (SSSR count). The summed E-state index contributed by atoms with van der Waals surface area (Å²) in [6.45, 7) is 1.89. The first-order chi connectivity index (χ1) is 7.84. The van der Waals surface area contributed by atoms with Crippen molar-refractivity contribution in [1.82, 2.24) is 20.2 Å². The van der Waals surface area contributed by atoms with Crippen LogP contribution < -0.4 is 0 Å². The molecule has 5 nitrogen and oxygen atoms in total. The van der Waals surface area contributed by atoms with Gasteiger partial charge in [0.05, 0.1) is 6.20 Å². The molecule has 0 aliphatic carbocycles. The topological polar surface area (TPSA) is 52.8 Å². The molecule has 0 N–H and O–H groups in total. The summed E-state index contributed by atoms with van der Waals surface area (Å²) in [4.78, 5) is 0. The average Bonchev–Trinajstić information content (AvgIpc) is 2.77. The number of aromatic nitrogens is 4. The van der Waals surface area contributed by atoms with Gasteiger partial charge >= 0.3 is 0 Å². The summed E-state index contributed by atoms with van der Waals surface area (Å²) >= 11 is 0. The third kappa shape index (κ3) is 1.37. The van der Waals surface area contributed by atoms with Crippen molar-refractivity contribution in [2.24, 2.45) is 0 Å². The molecule has 0 spiro atoms. The highest BCUT2D eigenvalue weighted by Gasteiger charge is 2.25. The fourth-order valence-electron chi connectivity index (χ4n) is 1.75. The van der Waals surface area contributed by atoms with Gasteiger partial charge in [-0.2, -0.15) is 4.68 Å². The van der Waals surface area contributed by atoms with E-state index in [-0.39, 0.29) is 6.10 Å². The summed E-state index contributed by atoms with van der Waals surface area (Å²) in [6.07, 6.45) is 1.55. The average molecular weight is 214 g/mol. The lowest BCUT2D eigenvalue weighted by molar-refractivity contribution is 0.135. The van der Waals surface area contributed by atoms with Gasteiger partial charge in [0.25, 0.3) is 0 Å². The number of nitrogens with zero attached hydrogens (tertiary/aromatic N) is 4. The molecular formula is C11H10N4O. The van der Waals surface area contributed by atoms with E-state index in [0.717, 1.165) is 11.3 Å². The van der Waals surface area contributed by atoms with Crippen molar-refractivity contribution in [2.45, 2.75) is 13.0 Å². The Hall–Kier alpha value is -2.17. The molecule has 1 aromatic carbocycles. The van der Waals surface area contributed by atoms with Crippen molar-refractivity contribution in [1.29, 1.82) is 0 Å². The van der Waals surface area contributed by atoms with Crippen LogP contribution in [0.2, 0.25) is 0 Å². The first-order valence-electron chi connectivity index (χ1n) is 5.02. The van der Waals surface area contributed by atoms with Crippen LogP contribution in [0.25, 0.3) is 6.20 Å². The first-order valence-corrected chi connectivity index (χ1v) is 5.02. The predicted molar refractivity (Wildman–Crippen MR) is 57.1 cm³/mol. The van der Waals surface area contributed by atoms with E-state index in [4.69, 9.17) is 4.74 Å². The smallest absolute Gasteiger partial charge is 0.201 e. The first kappa shape index (κ1) is 9.08. The third-order valence-electron chi connectivity index (χ3n) is 2.46. The Morgan fingerprint density at radius 3 is 2.88 bits per heavy atom. The Kier molecular flexibility index (Phi) is 1.96. The minimum absolute atomic E-state index is 0.221. The number of fused-ring (bicyclic) bond motifs is 1. The normalized spacial score (nSPS) is 18.6. The predicted octanol–water partition coefficient (Wildman–Crippen LogP) is 1.61. The lowest BCUT2D eigenvalue weighted by atomic mass is 10.1. The van der Waals surface area contributed by atoms with Gasteiger partial charge in [0, 0.05) is 5.56 Å². The molecule has 1 aromatic heterocycles. The summed E-state index contributed by atoms with van der Waals surface area (Å²) in [5, 5.41) is 11.5. The molecule has 16 heavy (non-hydrogen) atoms. The van der Waals surface area contributed by atoms with Gasteiger partial charge in [-0.3, -0.25) is 0 Å². The number of hydrogen-bond acceptors (Lipinski definition) is 4. The van der Waals surface area contributed by atoms with Crippen molar-refractivity contribution in [3.63, 3.8) is 0 Å². The Balaban J connectivity index is 2.09. The molecule has 0 bridgehead atoms. The van der Waals surface area contributed by atoms with Crippen molar-refractivity contribution < 1.29 is 4.74 Å². The molecule has 0 fully saturated rings. The molecule has 0 saturated carbocycles. The second kappa shape index (κ2) is 3.44. The van der Waals surface area contributed by atoms with Gasteiger partial charge in [-0.15, -0.1) is 5.10 Å². The van der Waals surface area contributed by atoms with E-state index < -0.39 is 0 Å². The number of hydrogen-bond donors (Lipinski definition) is 0. The van der Waals surface area contributed by atoms with Crippen LogP contribution >= 0.6 is 0 Å². The van der Waals surface area contributed by atoms with Crippen LogP contribution in [0, 0.1) is 0 Å². The third-order valence-corrected chi connectivity index (χ3v) is 2.46. The van der Waals surface area contributed by atoms with E-state index in [2.05, 4.69) is 15.5 Å². The molecule has 0 saturated heterocycles. The second-order valence-corrected chi connectivity index (χ2v) is 3.63. The Morgan fingerprint density at radius 2 is 2.06 bits per heavy atom. The van der Waals surface area contributed by atoms with Gasteiger partial charge in [0.15, 0.2) is 6.10 Å². The maximum atomic E-state index is 5.75. The summed E-state index contributed by atoms with van der Waals surface area (Å²) in [5.74, 6) is 1.51. The highest BCUT2D eigenvalue weighted by Crippen LogP contribution is 2.29. The van der Waals surface area contributed by atoms with E-state index in [1.165, 1.54) is 0 Å². The van der Waals surface area contributed by atoms with Crippen LogP contribution in [0.1, 0.15) is 24.4 Å². The number of ether oxygens (including phenoxy) is 1. The van der Waals surface area contributed by atoms with Crippen LogP contribution in [-0.2, 0) is 4.74 Å². The van der Waals surface area contributed by atoms with E-state index >= 15 is 0 Å². The minimum atomic E-state index is -0.221. The summed E-state index contributed by atoms with van der Waals surface area (Å²) in [5.41, 5.74) is 1.05. The SMILES string of the molecule is CC1=Cn2nnnc2C(c2ccccc2)O1. The van der Waals surface area contributed by atoms with Crippen molar-refractivity contribution in [2.75, 3.05) is 0 Å². The molecule has 1 atom stereocenters. The summed E-state index contributed by atoms with van der Waals surface area (Å²) < 4.78 is 7.40. The minimum Gasteiger partial charge on any atom is -0.481 e. The quantitative estimate of drug-likeness (QED) is 0.723. The van der Waals surface area contributed by atoms with E-state index in [1.807, 2.05) is 37.3 Å². The zero-order valence-corrected chi connectivity index (χ0v) is 8.74. The molecule has 0 amide bonds. The molecule has 1 aliphatic rings. The molecule has 2 aromatic rings. The Bertz CT molecular complexity index is 532. The molecule has 1 unspecified atom stereocenters. The van der Waals surface area contributed by atoms with Crippen LogP contribution in [0.15, 0.2) is 36.1 Å². The molecule has 1 aliphatic heterocycles. The number of tetrazole rings is 1. The monoisotopic (exact) mass is 214 g/mol. The van der Waals surface area contributed by atoms with Gasteiger partial charge in [-0.25, -0.2) is 0 Å². The zero-order valence-electron chi connectivity index (χ0n) is 8.74. The fraction of sp³-hybridized carbons (Fsp3) is 0.182. The lowest BCUT2D eigenvalue weighted by Crippen LogP contribution is -2.15. The highest BCUT2D eigenvalue weighted by atomic mass is 16.5. The number of allylic oxidation sites excluding steroid dienone is 1. The Labute approximate surface area is 92.3 Å². The summed E-state index contributed by atoms with van der Waals surface area (Å²) in [6, 6.07) is 9.92. The van der Waals surface area contributed by atoms with Crippen LogP contribution in [0.3, 0.4) is 0 Å². The standard InChI is InChI=1S/C11H10N4O/c1-8-7-15-11(12-13-14-15)10(16-8)9-5-3-2-4-6-9/h2-7,10H,1H3. The van der Waals surface area contributed by atoms with Gasteiger partial charge in [-0.1, -0.05) is 30.3 Å². The molecular weight excluding hydrogens is 204 g/mol. The molecule has 80 valence electrons. The second-order valence-electron chi connectivity index (χ2n) is 3.63. The maximum Gasteiger partial charge on any atom is 0.201 e. The van der Waals surface area contributed by atoms with Gasteiger partial charge < -0.3 is 4.74 Å². The van der Waals surface area contributed by atoms with Gasteiger partial charge in [-0.05, 0) is 17.4 Å². The number of rotatable bonds is 1. The van der Waals surface area contributed by atoms with Gasteiger partial charge in [0.2, 0.25) is 5.82 Å². The largest absolute Gasteiger partial charge is 0.481 e. The van der Waals surface area contributed by atoms with E-state index in [1.54, 1.807) is 10.9 Å².